The van der Waals surface area contributed by atoms with Crippen molar-refractivity contribution in [1.29, 1.82) is 0 Å². The van der Waals surface area contributed by atoms with Crippen molar-refractivity contribution in [3.8, 4) is 0 Å². The fraction of sp³-hybridized carbons (Fsp3) is 0.409. The van der Waals surface area contributed by atoms with E-state index in [1.807, 2.05) is 36.6 Å². The standard InChI is InChI=1S/C22H25N3O3S.H2S/c1-2-16(13-17-9-6-12-29-17)23-22(28)24-11-10-18-20(24)19(26)14-25(18)21(27)15-7-4-3-5-8-15;/h3-9,12,16,18,20H,2,10-11,13-14H2,1H3,(H,23,28);1H2/t16?,18-,20+;/m1./s1. The Hall–Kier alpha value is -2.32. The van der Waals surface area contributed by atoms with Crippen LogP contribution in [0.4, 0.5) is 4.79 Å². The summed E-state index contributed by atoms with van der Waals surface area (Å²) in [6, 6.07) is 12.1. The number of carbonyl (C=O) groups excluding carboxylic acids is 3. The maximum absolute atomic E-state index is 12.9. The number of rotatable bonds is 5. The van der Waals surface area contributed by atoms with E-state index in [-0.39, 0.29) is 49.8 Å². The van der Waals surface area contributed by atoms with Gasteiger partial charge in [0.1, 0.15) is 6.04 Å². The lowest BCUT2D eigenvalue weighted by Crippen LogP contribution is -2.50. The summed E-state index contributed by atoms with van der Waals surface area (Å²) in [5.74, 6) is -0.198. The first-order chi connectivity index (χ1) is 14.1. The Kier molecular flexibility index (Phi) is 7.20. The summed E-state index contributed by atoms with van der Waals surface area (Å²) in [5.41, 5.74) is 0.575. The van der Waals surface area contributed by atoms with Gasteiger partial charge >= 0.3 is 6.03 Å². The number of fused-ring (bicyclic) bond motifs is 1. The number of hydrogen-bond donors (Lipinski definition) is 1. The Labute approximate surface area is 187 Å². The first kappa shape index (κ1) is 22.4. The topological polar surface area (TPSA) is 69.7 Å². The highest BCUT2D eigenvalue weighted by molar-refractivity contribution is 7.59. The molecule has 2 aliphatic rings. The average Bonchev–Trinajstić information content (AvgIpc) is 3.46. The number of nitrogens with one attached hydrogen (secondary N) is 1. The van der Waals surface area contributed by atoms with Gasteiger partial charge in [0.25, 0.3) is 5.91 Å². The molecule has 3 heterocycles. The van der Waals surface area contributed by atoms with Gasteiger partial charge in [-0.3, -0.25) is 9.59 Å². The molecule has 4 rings (SSSR count). The number of urea groups is 1. The van der Waals surface area contributed by atoms with Crippen LogP contribution in [0.25, 0.3) is 0 Å². The molecule has 0 aliphatic carbocycles. The Balaban J connectivity index is 0.00000256. The molecule has 6 nitrogen and oxygen atoms in total. The van der Waals surface area contributed by atoms with E-state index in [0.717, 1.165) is 12.8 Å². The lowest BCUT2D eigenvalue weighted by atomic mass is 10.1. The first-order valence-electron chi connectivity index (χ1n) is 10.1. The normalized spacial score (nSPS) is 21.2. The zero-order valence-corrected chi connectivity index (χ0v) is 18.7. The molecule has 0 saturated carbocycles. The van der Waals surface area contributed by atoms with Gasteiger partial charge in [0.05, 0.1) is 12.6 Å². The predicted molar refractivity (Wildman–Crippen MR) is 122 cm³/mol. The largest absolute Gasteiger partial charge is 0.335 e. The number of hydrogen-bond acceptors (Lipinski definition) is 4. The third-order valence-electron chi connectivity index (χ3n) is 5.81. The van der Waals surface area contributed by atoms with Gasteiger partial charge in [0.15, 0.2) is 5.78 Å². The number of ketones is 1. The molecule has 0 spiro atoms. The Morgan fingerprint density at radius 2 is 1.93 bits per heavy atom. The van der Waals surface area contributed by atoms with E-state index < -0.39 is 6.04 Å². The summed E-state index contributed by atoms with van der Waals surface area (Å²) in [5, 5.41) is 5.13. The van der Waals surface area contributed by atoms with Gasteiger partial charge in [-0.2, -0.15) is 13.5 Å². The second-order valence-corrected chi connectivity index (χ2v) is 8.63. The second-order valence-electron chi connectivity index (χ2n) is 7.60. The van der Waals surface area contributed by atoms with E-state index in [0.29, 0.717) is 18.5 Å². The molecule has 160 valence electrons. The SMILES string of the molecule is CCC(Cc1cccs1)NC(=O)N1CC[C@@H]2[C@H]1C(=O)CN2C(=O)c1ccccc1.S. The van der Waals surface area contributed by atoms with Crippen LogP contribution in [0, 0.1) is 0 Å². The van der Waals surface area contributed by atoms with E-state index in [4.69, 9.17) is 0 Å². The lowest BCUT2D eigenvalue weighted by Gasteiger charge is -2.26. The van der Waals surface area contributed by atoms with Crippen molar-refractivity contribution >= 4 is 42.6 Å². The molecule has 2 aliphatic heterocycles. The molecule has 2 aromatic rings. The molecule has 30 heavy (non-hydrogen) atoms. The zero-order valence-electron chi connectivity index (χ0n) is 16.9. The van der Waals surface area contributed by atoms with Crippen LogP contribution in [0.3, 0.4) is 0 Å². The van der Waals surface area contributed by atoms with E-state index in [1.54, 1.807) is 33.3 Å². The number of amides is 3. The molecule has 0 bridgehead atoms. The summed E-state index contributed by atoms with van der Waals surface area (Å²) in [6.07, 6.45) is 2.23. The minimum atomic E-state index is -0.540. The highest BCUT2D eigenvalue weighted by Gasteiger charge is 2.51. The Bertz CT molecular complexity index is 888. The third kappa shape index (κ3) is 4.39. The molecule has 2 fully saturated rings. The van der Waals surface area contributed by atoms with Crippen LogP contribution in [0.15, 0.2) is 47.8 Å². The highest BCUT2D eigenvalue weighted by atomic mass is 32.1. The summed E-state index contributed by atoms with van der Waals surface area (Å²) in [4.78, 5) is 43.0. The van der Waals surface area contributed by atoms with Crippen LogP contribution in [0.2, 0.25) is 0 Å². The van der Waals surface area contributed by atoms with Gasteiger partial charge in [0, 0.05) is 29.4 Å². The van der Waals surface area contributed by atoms with Gasteiger partial charge in [-0.05, 0) is 36.4 Å². The molecule has 1 N–H and O–H groups in total. The van der Waals surface area contributed by atoms with Gasteiger partial charge in [-0.15, -0.1) is 11.3 Å². The lowest BCUT2D eigenvalue weighted by molar-refractivity contribution is -0.119. The molecule has 2 saturated heterocycles. The maximum Gasteiger partial charge on any atom is 0.318 e. The van der Waals surface area contributed by atoms with Crippen LogP contribution in [0.1, 0.15) is 35.0 Å². The fourth-order valence-corrected chi connectivity index (χ4v) is 5.08. The number of carbonyl (C=O) groups is 3. The van der Waals surface area contributed by atoms with Crippen molar-refractivity contribution in [2.75, 3.05) is 13.1 Å². The molecule has 0 radical (unpaired) electrons. The molecular weight excluding hydrogens is 418 g/mol. The van der Waals surface area contributed by atoms with Crippen molar-refractivity contribution in [3.05, 3.63) is 58.3 Å². The summed E-state index contributed by atoms with van der Waals surface area (Å²) in [7, 11) is 0. The molecule has 1 unspecified atom stereocenters. The minimum absolute atomic E-state index is 0. The van der Waals surface area contributed by atoms with Crippen molar-refractivity contribution in [2.24, 2.45) is 0 Å². The number of benzene rings is 1. The third-order valence-corrected chi connectivity index (χ3v) is 6.71. The maximum atomic E-state index is 12.9. The molecule has 8 heteroatoms. The van der Waals surface area contributed by atoms with Crippen LogP contribution in [-0.2, 0) is 11.2 Å². The van der Waals surface area contributed by atoms with Crippen molar-refractivity contribution in [1.82, 2.24) is 15.1 Å². The van der Waals surface area contributed by atoms with Crippen LogP contribution >= 0.6 is 24.8 Å². The van der Waals surface area contributed by atoms with Gasteiger partial charge < -0.3 is 15.1 Å². The summed E-state index contributed by atoms with van der Waals surface area (Å²) in [6.45, 7) is 2.60. The molecule has 1 aromatic heterocycles. The van der Waals surface area contributed by atoms with Crippen molar-refractivity contribution in [3.63, 3.8) is 0 Å². The molecule has 1 aromatic carbocycles. The monoisotopic (exact) mass is 445 g/mol. The van der Waals surface area contributed by atoms with Gasteiger partial charge in [0.2, 0.25) is 0 Å². The number of likely N-dealkylation sites (tertiary alicyclic amines) is 2. The minimum Gasteiger partial charge on any atom is -0.335 e. The highest BCUT2D eigenvalue weighted by Crippen LogP contribution is 2.31. The fourth-order valence-electron chi connectivity index (χ4n) is 4.29. The Morgan fingerprint density at radius 3 is 2.60 bits per heavy atom. The van der Waals surface area contributed by atoms with Crippen LogP contribution in [0.5, 0.6) is 0 Å². The Morgan fingerprint density at radius 1 is 1.17 bits per heavy atom. The van der Waals surface area contributed by atoms with Crippen molar-refractivity contribution in [2.45, 2.75) is 44.3 Å². The second kappa shape index (κ2) is 9.66. The summed E-state index contributed by atoms with van der Waals surface area (Å²) >= 11 is 1.68. The van der Waals surface area contributed by atoms with E-state index >= 15 is 0 Å². The van der Waals surface area contributed by atoms with Crippen LogP contribution < -0.4 is 5.32 Å². The average molecular weight is 446 g/mol. The van der Waals surface area contributed by atoms with Gasteiger partial charge in [-0.25, -0.2) is 4.79 Å². The smallest absolute Gasteiger partial charge is 0.318 e. The first-order valence-corrected chi connectivity index (χ1v) is 10.9. The van der Waals surface area contributed by atoms with E-state index in [9.17, 15) is 14.4 Å². The van der Waals surface area contributed by atoms with E-state index in [2.05, 4.69) is 11.4 Å². The van der Waals surface area contributed by atoms with Gasteiger partial charge in [-0.1, -0.05) is 31.2 Å². The molecule has 3 amide bonds. The van der Waals surface area contributed by atoms with Crippen molar-refractivity contribution < 1.29 is 14.4 Å². The number of nitrogens with zero attached hydrogens (tertiary/aromatic N) is 2. The predicted octanol–water partition coefficient (Wildman–Crippen LogP) is 3.06. The number of Topliss-reactive ketones (excluding diaryl/α,β-unsaturated/α-hetero) is 1. The number of thiophene rings is 1. The van der Waals surface area contributed by atoms with Crippen LogP contribution in [-0.4, -0.2) is 58.7 Å². The quantitative estimate of drug-likeness (QED) is 0.769. The summed E-state index contributed by atoms with van der Waals surface area (Å²) < 4.78 is 0. The zero-order chi connectivity index (χ0) is 20.4. The molecule has 3 atom stereocenters. The van der Waals surface area contributed by atoms with E-state index in [1.165, 1.54) is 4.88 Å². The molecular formula is C22H27N3O3S2.